The lowest BCUT2D eigenvalue weighted by Crippen LogP contribution is -2.39. The van der Waals surface area contributed by atoms with Crippen molar-refractivity contribution in [2.24, 2.45) is 0 Å². The smallest absolute Gasteiger partial charge is 0.251 e. The van der Waals surface area contributed by atoms with Crippen molar-refractivity contribution in [3.05, 3.63) is 90.0 Å². The van der Waals surface area contributed by atoms with E-state index in [-0.39, 0.29) is 24.4 Å². The maximum atomic E-state index is 12.8. The van der Waals surface area contributed by atoms with E-state index in [1.165, 1.54) is 0 Å². The molecule has 164 valence electrons. The summed E-state index contributed by atoms with van der Waals surface area (Å²) >= 11 is 0. The number of hydrogen-bond acceptors (Lipinski definition) is 4. The van der Waals surface area contributed by atoms with Gasteiger partial charge in [-0.2, -0.15) is 0 Å². The number of hydrogen-bond donors (Lipinski definition) is 1. The van der Waals surface area contributed by atoms with Crippen LogP contribution in [0, 0.1) is 0 Å². The summed E-state index contributed by atoms with van der Waals surface area (Å²) in [6.45, 7) is 0.657. The van der Waals surface area contributed by atoms with Crippen molar-refractivity contribution in [1.29, 1.82) is 0 Å². The minimum Gasteiger partial charge on any atom is -0.497 e. The van der Waals surface area contributed by atoms with E-state index in [2.05, 4.69) is 5.32 Å². The van der Waals surface area contributed by atoms with E-state index >= 15 is 0 Å². The van der Waals surface area contributed by atoms with Crippen molar-refractivity contribution in [2.75, 3.05) is 20.2 Å². The molecule has 1 heterocycles. The van der Waals surface area contributed by atoms with Crippen LogP contribution in [-0.2, 0) is 4.79 Å². The first-order valence-electron chi connectivity index (χ1n) is 10.7. The van der Waals surface area contributed by atoms with E-state index in [4.69, 9.17) is 9.47 Å². The molecule has 1 unspecified atom stereocenters. The number of likely N-dealkylation sites (tertiary alicyclic amines) is 1. The Labute approximate surface area is 187 Å². The van der Waals surface area contributed by atoms with Gasteiger partial charge in [0.05, 0.1) is 19.7 Å². The normalized spacial score (nSPS) is 15.3. The molecule has 1 saturated heterocycles. The number of para-hydroxylation sites is 1. The van der Waals surface area contributed by atoms with Crippen LogP contribution in [0.4, 0.5) is 0 Å². The van der Waals surface area contributed by atoms with Crippen LogP contribution in [0.2, 0.25) is 0 Å². The Kier molecular flexibility index (Phi) is 6.70. The van der Waals surface area contributed by atoms with Gasteiger partial charge in [-0.25, -0.2) is 0 Å². The largest absolute Gasteiger partial charge is 0.497 e. The molecule has 3 aromatic carbocycles. The molecule has 0 spiro atoms. The summed E-state index contributed by atoms with van der Waals surface area (Å²) in [6, 6.07) is 24.1. The maximum absolute atomic E-state index is 12.8. The van der Waals surface area contributed by atoms with Crippen LogP contribution >= 0.6 is 0 Å². The average Bonchev–Trinajstić information content (AvgIpc) is 3.34. The summed E-state index contributed by atoms with van der Waals surface area (Å²) in [6.07, 6.45) is 1.86. The van der Waals surface area contributed by atoms with Gasteiger partial charge < -0.3 is 19.7 Å². The lowest BCUT2D eigenvalue weighted by atomic mass is 10.0. The number of nitrogens with one attached hydrogen (secondary N) is 1. The summed E-state index contributed by atoms with van der Waals surface area (Å²) < 4.78 is 11.0. The van der Waals surface area contributed by atoms with Crippen molar-refractivity contribution >= 4 is 11.8 Å². The monoisotopic (exact) mass is 430 g/mol. The van der Waals surface area contributed by atoms with E-state index in [0.717, 1.165) is 29.9 Å². The summed E-state index contributed by atoms with van der Waals surface area (Å²) in [4.78, 5) is 27.2. The lowest BCUT2D eigenvalue weighted by molar-refractivity contribution is -0.131. The van der Waals surface area contributed by atoms with Crippen LogP contribution < -0.4 is 14.8 Å². The molecule has 2 amide bonds. The molecule has 6 heteroatoms. The van der Waals surface area contributed by atoms with Crippen molar-refractivity contribution in [1.82, 2.24) is 10.2 Å². The zero-order valence-electron chi connectivity index (χ0n) is 18.0. The molecule has 3 aromatic rings. The summed E-state index contributed by atoms with van der Waals surface area (Å²) in [5.41, 5.74) is 1.56. The second-order valence-corrected chi connectivity index (χ2v) is 7.64. The molecule has 0 bridgehead atoms. The van der Waals surface area contributed by atoms with Crippen LogP contribution in [0.15, 0.2) is 78.9 Å². The molecule has 0 aromatic heterocycles. The standard InChI is InChI=1S/C26H26N2O4/c1-31-21-13-9-19(10-14-21)24-8-5-17-28(24)25(29)18-27-26(30)20-11-15-23(16-12-20)32-22-6-3-2-4-7-22/h2-4,6-7,9-16,24H,5,8,17-18H2,1H3,(H,27,30). The molecular weight excluding hydrogens is 404 g/mol. The average molecular weight is 431 g/mol. The Balaban J connectivity index is 1.32. The van der Waals surface area contributed by atoms with Gasteiger partial charge in [0.1, 0.15) is 17.2 Å². The third kappa shape index (κ3) is 5.09. The van der Waals surface area contributed by atoms with Gasteiger partial charge in [-0.1, -0.05) is 30.3 Å². The molecular formula is C26H26N2O4. The van der Waals surface area contributed by atoms with Gasteiger partial charge in [-0.05, 0) is 66.9 Å². The van der Waals surface area contributed by atoms with Crippen molar-refractivity contribution in [3.8, 4) is 17.2 Å². The van der Waals surface area contributed by atoms with Gasteiger partial charge in [0.25, 0.3) is 5.91 Å². The van der Waals surface area contributed by atoms with Crippen molar-refractivity contribution in [3.63, 3.8) is 0 Å². The van der Waals surface area contributed by atoms with Crippen molar-refractivity contribution in [2.45, 2.75) is 18.9 Å². The highest BCUT2D eigenvalue weighted by Gasteiger charge is 2.29. The molecule has 0 radical (unpaired) electrons. The molecule has 1 N–H and O–H groups in total. The first-order chi connectivity index (χ1) is 15.6. The van der Waals surface area contributed by atoms with E-state index in [9.17, 15) is 9.59 Å². The van der Waals surface area contributed by atoms with Gasteiger partial charge in [0.2, 0.25) is 5.91 Å². The van der Waals surface area contributed by atoms with Gasteiger partial charge in [-0.3, -0.25) is 9.59 Å². The molecule has 1 fully saturated rings. The van der Waals surface area contributed by atoms with Crippen LogP contribution in [0.1, 0.15) is 34.8 Å². The molecule has 1 aliphatic rings. The molecule has 0 saturated carbocycles. The predicted octanol–water partition coefficient (Wildman–Crippen LogP) is 4.58. The van der Waals surface area contributed by atoms with E-state index in [0.29, 0.717) is 17.9 Å². The molecule has 32 heavy (non-hydrogen) atoms. The molecule has 1 atom stereocenters. The highest BCUT2D eigenvalue weighted by atomic mass is 16.5. The maximum Gasteiger partial charge on any atom is 0.251 e. The minimum absolute atomic E-state index is 0.0275. The number of rotatable bonds is 7. The third-order valence-corrected chi connectivity index (χ3v) is 5.57. The topological polar surface area (TPSA) is 67.9 Å². The fraction of sp³-hybridized carbons (Fsp3) is 0.231. The summed E-state index contributed by atoms with van der Waals surface area (Å²) in [5.74, 6) is 1.79. The minimum atomic E-state index is -0.287. The first kappa shape index (κ1) is 21.4. The SMILES string of the molecule is COc1ccc(C2CCCN2C(=O)CNC(=O)c2ccc(Oc3ccccc3)cc2)cc1. The van der Waals surface area contributed by atoms with Gasteiger partial charge in [0, 0.05) is 12.1 Å². The van der Waals surface area contributed by atoms with E-state index in [1.807, 2.05) is 59.5 Å². The highest BCUT2D eigenvalue weighted by molar-refractivity contribution is 5.96. The first-order valence-corrected chi connectivity index (χ1v) is 10.7. The highest BCUT2D eigenvalue weighted by Crippen LogP contribution is 2.32. The van der Waals surface area contributed by atoms with E-state index < -0.39 is 0 Å². The van der Waals surface area contributed by atoms with E-state index in [1.54, 1.807) is 31.4 Å². The Morgan fingerprint density at radius 2 is 1.56 bits per heavy atom. The Hall–Kier alpha value is -3.80. The van der Waals surface area contributed by atoms with Gasteiger partial charge in [0.15, 0.2) is 0 Å². The second-order valence-electron chi connectivity index (χ2n) is 7.64. The van der Waals surface area contributed by atoms with Crippen molar-refractivity contribution < 1.29 is 19.1 Å². The third-order valence-electron chi connectivity index (χ3n) is 5.57. The quantitative estimate of drug-likeness (QED) is 0.596. The number of methoxy groups -OCH3 is 1. The number of carbonyl (C=O) groups is 2. The number of ether oxygens (including phenoxy) is 2. The second kappa shape index (κ2) is 10.0. The zero-order valence-corrected chi connectivity index (χ0v) is 18.0. The lowest BCUT2D eigenvalue weighted by Gasteiger charge is -2.25. The van der Waals surface area contributed by atoms with Gasteiger partial charge in [-0.15, -0.1) is 0 Å². The fourth-order valence-electron chi connectivity index (χ4n) is 3.90. The predicted molar refractivity (Wildman–Crippen MR) is 122 cm³/mol. The molecule has 4 rings (SSSR count). The van der Waals surface area contributed by atoms with Crippen LogP contribution in [0.25, 0.3) is 0 Å². The van der Waals surface area contributed by atoms with Gasteiger partial charge >= 0.3 is 0 Å². The molecule has 6 nitrogen and oxygen atoms in total. The molecule has 0 aliphatic carbocycles. The zero-order chi connectivity index (χ0) is 22.3. The Morgan fingerprint density at radius 1 is 0.906 bits per heavy atom. The van der Waals surface area contributed by atoms with Crippen LogP contribution in [0.3, 0.4) is 0 Å². The Morgan fingerprint density at radius 3 is 2.25 bits per heavy atom. The number of carbonyl (C=O) groups excluding carboxylic acids is 2. The number of amides is 2. The number of nitrogens with zero attached hydrogens (tertiary/aromatic N) is 1. The fourth-order valence-corrected chi connectivity index (χ4v) is 3.90. The number of benzene rings is 3. The summed E-state index contributed by atoms with van der Waals surface area (Å²) in [7, 11) is 1.63. The Bertz CT molecular complexity index is 1050. The van der Waals surface area contributed by atoms with Crippen LogP contribution in [0.5, 0.6) is 17.2 Å². The summed E-state index contributed by atoms with van der Waals surface area (Å²) in [5, 5.41) is 2.74. The van der Waals surface area contributed by atoms with Crippen LogP contribution in [-0.4, -0.2) is 36.9 Å². The molecule has 1 aliphatic heterocycles.